The SMILES string of the molecule is CCOC(=O)c1c(-c2ccccc2)nc2ccc(Br)cc2c1C(=O)c1ccccc1. The Morgan fingerprint density at radius 3 is 2.23 bits per heavy atom. The number of nitrogens with zero attached hydrogens (tertiary/aromatic N) is 1. The Labute approximate surface area is 182 Å². The highest BCUT2D eigenvalue weighted by Gasteiger charge is 2.28. The lowest BCUT2D eigenvalue weighted by molar-refractivity contribution is 0.0524. The van der Waals surface area contributed by atoms with Crippen LogP contribution in [0.1, 0.15) is 33.2 Å². The van der Waals surface area contributed by atoms with E-state index in [1.54, 1.807) is 31.2 Å². The summed E-state index contributed by atoms with van der Waals surface area (Å²) in [6, 6.07) is 23.8. The summed E-state index contributed by atoms with van der Waals surface area (Å²) < 4.78 is 6.15. The van der Waals surface area contributed by atoms with Crippen molar-refractivity contribution in [3.63, 3.8) is 0 Å². The monoisotopic (exact) mass is 459 g/mol. The fourth-order valence-electron chi connectivity index (χ4n) is 3.41. The molecule has 30 heavy (non-hydrogen) atoms. The molecule has 1 aromatic heterocycles. The summed E-state index contributed by atoms with van der Waals surface area (Å²) in [6.07, 6.45) is 0. The van der Waals surface area contributed by atoms with Gasteiger partial charge in [0.05, 0.1) is 23.4 Å². The van der Waals surface area contributed by atoms with Gasteiger partial charge in [0.25, 0.3) is 0 Å². The number of hydrogen-bond donors (Lipinski definition) is 0. The van der Waals surface area contributed by atoms with Crippen molar-refractivity contribution in [3.8, 4) is 11.3 Å². The zero-order valence-corrected chi connectivity index (χ0v) is 17.8. The fourth-order valence-corrected chi connectivity index (χ4v) is 3.77. The summed E-state index contributed by atoms with van der Waals surface area (Å²) in [6.45, 7) is 1.94. The predicted octanol–water partition coefficient (Wildman–Crippen LogP) is 6.07. The van der Waals surface area contributed by atoms with E-state index in [0.29, 0.717) is 27.7 Å². The van der Waals surface area contributed by atoms with Gasteiger partial charge in [-0.15, -0.1) is 0 Å². The highest BCUT2D eigenvalue weighted by Crippen LogP contribution is 2.33. The van der Waals surface area contributed by atoms with Crippen molar-refractivity contribution in [1.82, 2.24) is 4.98 Å². The molecule has 0 fully saturated rings. The van der Waals surface area contributed by atoms with E-state index in [1.165, 1.54) is 0 Å². The van der Waals surface area contributed by atoms with Crippen LogP contribution in [0.25, 0.3) is 22.2 Å². The Kier molecular flexibility index (Phi) is 5.72. The smallest absolute Gasteiger partial charge is 0.341 e. The van der Waals surface area contributed by atoms with Crippen LogP contribution < -0.4 is 0 Å². The maximum Gasteiger partial charge on any atom is 0.341 e. The molecule has 0 amide bonds. The number of carbonyl (C=O) groups excluding carboxylic acids is 2. The third-order valence-electron chi connectivity index (χ3n) is 4.74. The second kappa shape index (κ2) is 8.59. The number of pyridine rings is 1. The number of esters is 1. The van der Waals surface area contributed by atoms with Crippen LogP contribution in [-0.2, 0) is 4.74 Å². The van der Waals surface area contributed by atoms with Gasteiger partial charge in [-0.25, -0.2) is 9.78 Å². The standard InChI is InChI=1S/C25H18BrNO3/c1-2-30-25(29)22-21(24(28)17-11-7-4-8-12-17)19-15-18(26)13-14-20(19)27-23(22)16-9-5-3-6-10-16/h3-15H,2H2,1H3. The van der Waals surface area contributed by atoms with Crippen molar-refractivity contribution >= 4 is 38.6 Å². The van der Waals surface area contributed by atoms with Crippen LogP contribution in [0.4, 0.5) is 0 Å². The van der Waals surface area contributed by atoms with Gasteiger partial charge in [-0.1, -0.05) is 76.6 Å². The molecule has 0 aliphatic carbocycles. The van der Waals surface area contributed by atoms with Crippen LogP contribution in [0.15, 0.2) is 83.3 Å². The lowest BCUT2D eigenvalue weighted by Crippen LogP contribution is -2.16. The minimum absolute atomic E-state index is 0.183. The van der Waals surface area contributed by atoms with E-state index in [2.05, 4.69) is 15.9 Å². The molecule has 0 saturated heterocycles. The van der Waals surface area contributed by atoms with Crippen LogP contribution >= 0.6 is 15.9 Å². The average Bonchev–Trinajstić information content (AvgIpc) is 2.78. The first-order chi connectivity index (χ1) is 14.6. The molecule has 3 aromatic carbocycles. The Morgan fingerprint density at radius 2 is 1.57 bits per heavy atom. The van der Waals surface area contributed by atoms with Crippen molar-refractivity contribution in [3.05, 3.63) is 100 Å². The molecule has 0 radical (unpaired) electrons. The first-order valence-corrected chi connectivity index (χ1v) is 10.3. The molecule has 0 bridgehead atoms. The van der Waals surface area contributed by atoms with Gasteiger partial charge in [-0.2, -0.15) is 0 Å². The number of aromatic nitrogens is 1. The van der Waals surface area contributed by atoms with E-state index in [0.717, 1.165) is 10.0 Å². The summed E-state index contributed by atoms with van der Waals surface area (Å²) in [5, 5.41) is 0.598. The average molecular weight is 460 g/mol. The summed E-state index contributed by atoms with van der Waals surface area (Å²) in [4.78, 5) is 31.5. The zero-order valence-electron chi connectivity index (χ0n) is 16.3. The van der Waals surface area contributed by atoms with Crippen molar-refractivity contribution in [2.24, 2.45) is 0 Å². The number of ether oxygens (including phenoxy) is 1. The third-order valence-corrected chi connectivity index (χ3v) is 5.23. The lowest BCUT2D eigenvalue weighted by Gasteiger charge is -2.16. The molecule has 0 aliphatic heterocycles. The molecule has 148 valence electrons. The Hall–Kier alpha value is -3.31. The Morgan fingerprint density at radius 1 is 0.900 bits per heavy atom. The quantitative estimate of drug-likeness (QED) is 0.268. The molecule has 0 atom stereocenters. The summed E-state index contributed by atoms with van der Waals surface area (Å²) >= 11 is 3.47. The number of benzene rings is 3. The first-order valence-electron chi connectivity index (χ1n) is 9.55. The predicted molar refractivity (Wildman–Crippen MR) is 121 cm³/mol. The van der Waals surface area contributed by atoms with Gasteiger partial charge in [0.15, 0.2) is 5.78 Å². The van der Waals surface area contributed by atoms with Crippen molar-refractivity contribution in [1.29, 1.82) is 0 Å². The molecule has 4 nitrogen and oxygen atoms in total. The molecule has 0 aliphatic rings. The van der Waals surface area contributed by atoms with E-state index in [1.807, 2.05) is 54.6 Å². The normalized spacial score (nSPS) is 10.7. The molecular weight excluding hydrogens is 442 g/mol. The first kappa shape index (κ1) is 20.0. The second-order valence-electron chi connectivity index (χ2n) is 6.65. The van der Waals surface area contributed by atoms with E-state index >= 15 is 0 Å². The molecule has 5 heteroatoms. The largest absolute Gasteiger partial charge is 0.462 e. The summed E-state index contributed by atoms with van der Waals surface area (Å²) in [7, 11) is 0. The van der Waals surface area contributed by atoms with Crippen molar-refractivity contribution in [2.75, 3.05) is 6.61 Å². The molecule has 0 spiro atoms. The van der Waals surface area contributed by atoms with Crippen molar-refractivity contribution < 1.29 is 14.3 Å². The fraction of sp³-hybridized carbons (Fsp3) is 0.0800. The lowest BCUT2D eigenvalue weighted by atomic mass is 9.91. The minimum atomic E-state index is -0.565. The van der Waals surface area contributed by atoms with Crippen LogP contribution in [0.3, 0.4) is 0 Å². The highest BCUT2D eigenvalue weighted by molar-refractivity contribution is 9.10. The van der Waals surface area contributed by atoms with Gasteiger partial charge >= 0.3 is 5.97 Å². The van der Waals surface area contributed by atoms with Crippen molar-refractivity contribution in [2.45, 2.75) is 6.92 Å². The zero-order chi connectivity index (χ0) is 21.1. The van der Waals surface area contributed by atoms with Gasteiger partial charge in [0.2, 0.25) is 0 Å². The van der Waals surface area contributed by atoms with E-state index < -0.39 is 5.97 Å². The maximum absolute atomic E-state index is 13.6. The number of ketones is 1. The van der Waals surface area contributed by atoms with Gasteiger partial charge in [-0.05, 0) is 25.1 Å². The molecule has 0 saturated carbocycles. The number of rotatable bonds is 5. The maximum atomic E-state index is 13.6. The number of hydrogen-bond acceptors (Lipinski definition) is 4. The topological polar surface area (TPSA) is 56.3 Å². The third kappa shape index (κ3) is 3.76. The summed E-state index contributed by atoms with van der Waals surface area (Å²) in [5.74, 6) is -0.814. The molecule has 4 rings (SSSR count). The number of halogens is 1. The van der Waals surface area contributed by atoms with Gasteiger partial charge in [0.1, 0.15) is 0 Å². The van der Waals surface area contributed by atoms with Crippen LogP contribution in [0.2, 0.25) is 0 Å². The van der Waals surface area contributed by atoms with Crippen LogP contribution in [-0.4, -0.2) is 23.3 Å². The Bertz CT molecular complexity index is 1240. The summed E-state index contributed by atoms with van der Waals surface area (Å²) in [5.41, 5.74) is 2.78. The van der Waals surface area contributed by atoms with Crippen LogP contribution in [0, 0.1) is 0 Å². The minimum Gasteiger partial charge on any atom is -0.462 e. The molecule has 4 aromatic rings. The Balaban J connectivity index is 2.12. The number of carbonyl (C=O) groups is 2. The highest BCUT2D eigenvalue weighted by atomic mass is 79.9. The van der Waals surface area contributed by atoms with E-state index in [4.69, 9.17) is 9.72 Å². The molecule has 0 N–H and O–H groups in total. The van der Waals surface area contributed by atoms with E-state index in [-0.39, 0.29) is 18.0 Å². The van der Waals surface area contributed by atoms with E-state index in [9.17, 15) is 9.59 Å². The van der Waals surface area contributed by atoms with Gasteiger partial charge < -0.3 is 4.74 Å². The molecule has 0 unspecified atom stereocenters. The molecule has 1 heterocycles. The number of fused-ring (bicyclic) bond motifs is 1. The second-order valence-corrected chi connectivity index (χ2v) is 7.57. The van der Waals surface area contributed by atoms with Crippen LogP contribution in [0.5, 0.6) is 0 Å². The van der Waals surface area contributed by atoms with Gasteiger partial charge in [0, 0.05) is 26.5 Å². The van der Waals surface area contributed by atoms with Gasteiger partial charge in [-0.3, -0.25) is 4.79 Å². The molecular formula is C25H18BrNO3.